The molecule has 1 heterocycles. The van der Waals surface area contributed by atoms with Crippen LogP contribution in [0.3, 0.4) is 0 Å². The molecule has 4 aromatic rings. The quantitative estimate of drug-likeness (QED) is 0.424. The molecule has 4 rings (SSSR count). The van der Waals surface area contributed by atoms with Gasteiger partial charge in [0, 0.05) is 42.3 Å². The van der Waals surface area contributed by atoms with E-state index in [1.807, 2.05) is 73.7 Å². The maximum Gasteiger partial charge on any atom is 0.253 e. The standard InChI is InChI=1S/C26H25N5O/c1-18-22(9-6-10-23(18)27)24-15-16-28-26(30-24)29-21-13-11-20(12-14-21)25(32)31(2)17-19-7-4-3-5-8-19/h3-16H,17,27H2,1-2H3,(H,28,29,30). The number of nitrogens with zero attached hydrogens (tertiary/aromatic N) is 3. The molecular formula is C26H25N5O. The van der Waals surface area contributed by atoms with E-state index in [9.17, 15) is 4.79 Å². The van der Waals surface area contributed by atoms with Gasteiger partial charge in [0.2, 0.25) is 5.95 Å². The van der Waals surface area contributed by atoms with Crippen molar-refractivity contribution in [2.24, 2.45) is 0 Å². The second kappa shape index (κ2) is 9.31. The van der Waals surface area contributed by atoms with E-state index in [4.69, 9.17) is 5.73 Å². The van der Waals surface area contributed by atoms with Crippen LogP contribution in [-0.4, -0.2) is 27.8 Å². The summed E-state index contributed by atoms with van der Waals surface area (Å²) in [7, 11) is 1.80. The fraction of sp³-hybridized carbons (Fsp3) is 0.115. The average molecular weight is 424 g/mol. The van der Waals surface area contributed by atoms with Crippen molar-refractivity contribution in [2.45, 2.75) is 13.5 Å². The summed E-state index contributed by atoms with van der Waals surface area (Å²) in [6.07, 6.45) is 1.71. The summed E-state index contributed by atoms with van der Waals surface area (Å²) in [5.41, 5.74) is 12.0. The Morgan fingerprint density at radius 1 is 0.969 bits per heavy atom. The lowest BCUT2D eigenvalue weighted by atomic mass is 10.0. The molecule has 0 bridgehead atoms. The molecule has 0 aliphatic carbocycles. The number of rotatable bonds is 6. The van der Waals surface area contributed by atoms with Gasteiger partial charge in [0.25, 0.3) is 5.91 Å². The topological polar surface area (TPSA) is 84.1 Å². The number of hydrogen-bond acceptors (Lipinski definition) is 5. The minimum absolute atomic E-state index is 0.0317. The third kappa shape index (κ3) is 4.75. The molecule has 3 N–H and O–H groups in total. The van der Waals surface area contributed by atoms with Gasteiger partial charge < -0.3 is 16.0 Å². The molecule has 6 nitrogen and oxygen atoms in total. The molecule has 6 heteroatoms. The zero-order valence-electron chi connectivity index (χ0n) is 18.1. The van der Waals surface area contributed by atoms with Crippen LogP contribution < -0.4 is 11.1 Å². The minimum atomic E-state index is -0.0317. The normalized spacial score (nSPS) is 10.6. The lowest BCUT2D eigenvalue weighted by molar-refractivity contribution is 0.0785. The molecule has 1 aromatic heterocycles. The van der Waals surface area contributed by atoms with E-state index in [0.29, 0.717) is 18.1 Å². The Hall–Kier alpha value is -4.19. The van der Waals surface area contributed by atoms with Crippen molar-refractivity contribution >= 4 is 23.2 Å². The van der Waals surface area contributed by atoms with Gasteiger partial charge in [0.15, 0.2) is 0 Å². The van der Waals surface area contributed by atoms with E-state index in [0.717, 1.165) is 33.8 Å². The number of carbonyl (C=O) groups excluding carboxylic acids is 1. The first-order valence-corrected chi connectivity index (χ1v) is 10.4. The smallest absolute Gasteiger partial charge is 0.253 e. The van der Waals surface area contributed by atoms with E-state index in [1.54, 1.807) is 30.3 Å². The van der Waals surface area contributed by atoms with Crippen LogP contribution in [-0.2, 0) is 6.54 Å². The Morgan fingerprint density at radius 2 is 1.72 bits per heavy atom. The van der Waals surface area contributed by atoms with Crippen LogP contribution >= 0.6 is 0 Å². The Labute approximate surface area is 187 Å². The van der Waals surface area contributed by atoms with Crippen molar-refractivity contribution in [3.05, 3.63) is 102 Å². The first-order valence-electron chi connectivity index (χ1n) is 10.4. The first kappa shape index (κ1) is 21.1. The molecule has 0 saturated heterocycles. The predicted octanol–water partition coefficient (Wildman–Crippen LogP) is 5.05. The maximum atomic E-state index is 12.8. The third-order valence-corrected chi connectivity index (χ3v) is 5.30. The number of nitrogens with two attached hydrogens (primary N) is 1. The van der Waals surface area contributed by atoms with Crippen molar-refractivity contribution in [3.63, 3.8) is 0 Å². The number of nitrogens with one attached hydrogen (secondary N) is 1. The van der Waals surface area contributed by atoms with Crippen LogP contribution in [0.1, 0.15) is 21.5 Å². The van der Waals surface area contributed by atoms with E-state index < -0.39 is 0 Å². The van der Waals surface area contributed by atoms with E-state index in [1.165, 1.54) is 0 Å². The second-order valence-electron chi connectivity index (χ2n) is 7.63. The molecule has 32 heavy (non-hydrogen) atoms. The van der Waals surface area contributed by atoms with Crippen molar-refractivity contribution in [3.8, 4) is 11.3 Å². The molecule has 0 radical (unpaired) electrons. The molecular weight excluding hydrogens is 398 g/mol. The highest BCUT2D eigenvalue weighted by molar-refractivity contribution is 5.94. The fourth-order valence-electron chi connectivity index (χ4n) is 3.47. The van der Waals surface area contributed by atoms with Gasteiger partial charge >= 0.3 is 0 Å². The van der Waals surface area contributed by atoms with E-state index in [2.05, 4.69) is 15.3 Å². The zero-order valence-corrected chi connectivity index (χ0v) is 18.1. The molecule has 0 spiro atoms. The molecule has 0 aliphatic rings. The summed E-state index contributed by atoms with van der Waals surface area (Å²) in [5.74, 6) is 0.445. The van der Waals surface area contributed by atoms with Crippen molar-refractivity contribution in [2.75, 3.05) is 18.1 Å². The molecule has 1 amide bonds. The highest BCUT2D eigenvalue weighted by Gasteiger charge is 2.12. The maximum absolute atomic E-state index is 12.8. The van der Waals surface area contributed by atoms with Gasteiger partial charge in [-0.3, -0.25) is 4.79 Å². The number of benzene rings is 3. The van der Waals surface area contributed by atoms with Crippen LogP contribution in [0.15, 0.2) is 85.1 Å². The Bertz CT molecular complexity index is 1220. The largest absolute Gasteiger partial charge is 0.398 e. The van der Waals surface area contributed by atoms with E-state index >= 15 is 0 Å². The summed E-state index contributed by atoms with van der Waals surface area (Å²) < 4.78 is 0. The summed E-state index contributed by atoms with van der Waals surface area (Å²) in [6.45, 7) is 2.54. The van der Waals surface area contributed by atoms with Crippen LogP contribution in [0.25, 0.3) is 11.3 Å². The van der Waals surface area contributed by atoms with Crippen LogP contribution in [0, 0.1) is 6.92 Å². The minimum Gasteiger partial charge on any atom is -0.398 e. The molecule has 0 fully saturated rings. The van der Waals surface area contributed by atoms with Crippen LogP contribution in [0.4, 0.5) is 17.3 Å². The van der Waals surface area contributed by atoms with Gasteiger partial charge in [0.05, 0.1) is 5.69 Å². The molecule has 0 saturated carbocycles. The van der Waals surface area contributed by atoms with Gasteiger partial charge in [-0.1, -0.05) is 42.5 Å². The highest BCUT2D eigenvalue weighted by atomic mass is 16.2. The summed E-state index contributed by atoms with van der Waals surface area (Å²) in [4.78, 5) is 23.4. The summed E-state index contributed by atoms with van der Waals surface area (Å²) >= 11 is 0. The monoisotopic (exact) mass is 423 g/mol. The van der Waals surface area contributed by atoms with Gasteiger partial charge in [-0.05, 0) is 54.4 Å². The van der Waals surface area contributed by atoms with Crippen molar-refractivity contribution in [1.29, 1.82) is 0 Å². The number of aromatic nitrogens is 2. The predicted molar refractivity (Wildman–Crippen MR) is 129 cm³/mol. The third-order valence-electron chi connectivity index (χ3n) is 5.30. The number of anilines is 3. The number of hydrogen-bond donors (Lipinski definition) is 2. The average Bonchev–Trinajstić information content (AvgIpc) is 2.82. The van der Waals surface area contributed by atoms with Crippen LogP contribution in [0.2, 0.25) is 0 Å². The molecule has 0 unspecified atom stereocenters. The molecule has 160 valence electrons. The summed E-state index contributed by atoms with van der Waals surface area (Å²) in [6, 6.07) is 24.9. The molecule has 0 atom stereocenters. The van der Waals surface area contributed by atoms with E-state index in [-0.39, 0.29) is 5.91 Å². The van der Waals surface area contributed by atoms with Gasteiger partial charge in [-0.15, -0.1) is 0 Å². The van der Waals surface area contributed by atoms with Gasteiger partial charge in [-0.2, -0.15) is 0 Å². The fourth-order valence-corrected chi connectivity index (χ4v) is 3.47. The Kier molecular flexibility index (Phi) is 6.12. The Balaban J connectivity index is 1.46. The molecule has 0 aliphatic heterocycles. The Morgan fingerprint density at radius 3 is 2.47 bits per heavy atom. The van der Waals surface area contributed by atoms with Crippen molar-refractivity contribution < 1.29 is 4.79 Å². The molecule has 3 aromatic carbocycles. The van der Waals surface area contributed by atoms with Gasteiger partial charge in [-0.25, -0.2) is 9.97 Å². The summed E-state index contributed by atoms with van der Waals surface area (Å²) in [5, 5.41) is 3.20. The van der Waals surface area contributed by atoms with Gasteiger partial charge in [0.1, 0.15) is 0 Å². The zero-order chi connectivity index (χ0) is 22.5. The first-order chi connectivity index (χ1) is 15.5. The SMILES string of the molecule is Cc1c(N)cccc1-c1ccnc(Nc2ccc(C(=O)N(C)Cc3ccccc3)cc2)n1. The number of amides is 1. The second-order valence-corrected chi connectivity index (χ2v) is 7.63. The van der Waals surface area contributed by atoms with Crippen molar-refractivity contribution in [1.82, 2.24) is 14.9 Å². The number of carbonyl (C=O) groups is 1. The number of nitrogen functional groups attached to an aromatic ring is 1. The van der Waals surface area contributed by atoms with Crippen LogP contribution in [0.5, 0.6) is 0 Å². The lowest BCUT2D eigenvalue weighted by Crippen LogP contribution is -2.26. The highest BCUT2D eigenvalue weighted by Crippen LogP contribution is 2.26. The lowest BCUT2D eigenvalue weighted by Gasteiger charge is -2.17.